The lowest BCUT2D eigenvalue weighted by atomic mass is 10.1. The molecule has 0 unspecified atom stereocenters. The van der Waals surface area contributed by atoms with Crippen molar-refractivity contribution >= 4 is 21.6 Å². The van der Waals surface area contributed by atoms with Crippen molar-refractivity contribution in [1.29, 1.82) is 0 Å². The van der Waals surface area contributed by atoms with Gasteiger partial charge in [0, 0.05) is 26.2 Å². The minimum Gasteiger partial charge on any atom is -0.488 e. The van der Waals surface area contributed by atoms with Gasteiger partial charge in [-0.2, -0.15) is 0 Å². The first-order valence-electron chi connectivity index (χ1n) is 9.62. The Morgan fingerprint density at radius 3 is 2.46 bits per heavy atom. The van der Waals surface area contributed by atoms with Gasteiger partial charge in [0.1, 0.15) is 18.4 Å². The number of likely N-dealkylation sites (tertiary alicyclic amines) is 1. The maximum Gasteiger partial charge on any atom is 0.243 e. The molecule has 2 aliphatic rings. The minimum atomic E-state index is -3.66. The maximum absolute atomic E-state index is 12.7. The maximum atomic E-state index is 12.7. The normalized spacial score (nSPS) is 19.4. The van der Waals surface area contributed by atoms with E-state index in [1.54, 1.807) is 23.1 Å². The van der Waals surface area contributed by atoms with Crippen LogP contribution >= 0.6 is 0 Å². The van der Waals surface area contributed by atoms with E-state index in [0.717, 1.165) is 36.5 Å². The highest BCUT2D eigenvalue weighted by atomic mass is 32.2. The Morgan fingerprint density at radius 1 is 1.18 bits per heavy atom. The molecule has 2 heterocycles. The van der Waals surface area contributed by atoms with Crippen LogP contribution in [0.15, 0.2) is 24.3 Å². The summed E-state index contributed by atoms with van der Waals surface area (Å²) in [5.41, 5.74) is 0.408. The zero-order valence-corrected chi connectivity index (χ0v) is 17.4. The Bertz CT molecular complexity index is 772. The highest BCUT2D eigenvalue weighted by Crippen LogP contribution is 2.32. The molecule has 0 saturated carbocycles. The van der Waals surface area contributed by atoms with Crippen molar-refractivity contribution in [2.24, 2.45) is 0 Å². The number of ether oxygens (including phenoxy) is 2. The summed E-state index contributed by atoms with van der Waals surface area (Å²) in [6.07, 6.45) is 2.92. The molecule has 156 valence electrons. The van der Waals surface area contributed by atoms with E-state index in [1.807, 2.05) is 6.07 Å². The summed E-state index contributed by atoms with van der Waals surface area (Å²) in [5.74, 6) is 0.264. The summed E-state index contributed by atoms with van der Waals surface area (Å²) in [7, 11) is -1.58. The van der Waals surface area contributed by atoms with Crippen LogP contribution in [0.1, 0.15) is 12.8 Å². The van der Waals surface area contributed by atoms with E-state index >= 15 is 0 Å². The van der Waals surface area contributed by atoms with Gasteiger partial charge >= 0.3 is 0 Å². The number of hydrogen-bond acceptors (Lipinski definition) is 6. The van der Waals surface area contributed by atoms with Gasteiger partial charge in [-0.3, -0.25) is 9.10 Å². The number of nitrogens with zero attached hydrogens (tertiary/aromatic N) is 3. The number of carbonyl (C=O) groups excluding carboxylic acids is 1. The first-order chi connectivity index (χ1) is 13.3. The molecule has 28 heavy (non-hydrogen) atoms. The van der Waals surface area contributed by atoms with Crippen molar-refractivity contribution < 1.29 is 22.7 Å². The van der Waals surface area contributed by atoms with Crippen molar-refractivity contribution in [3.8, 4) is 5.75 Å². The van der Waals surface area contributed by atoms with Crippen LogP contribution in [-0.4, -0.2) is 89.5 Å². The van der Waals surface area contributed by atoms with Crippen LogP contribution in [0.25, 0.3) is 0 Å². The predicted octanol–water partition coefficient (Wildman–Crippen LogP) is 0.784. The van der Waals surface area contributed by atoms with Crippen LogP contribution in [0.4, 0.5) is 5.69 Å². The number of para-hydroxylation sites is 2. The SMILES string of the molecule is CN1CCC(Oc2ccccc2N(CC(=O)N2CCOCC2)S(C)(=O)=O)CC1. The molecule has 0 aromatic heterocycles. The number of carbonyl (C=O) groups is 1. The van der Waals surface area contributed by atoms with Crippen LogP contribution in [-0.2, 0) is 19.6 Å². The Kier molecular flexibility index (Phi) is 6.79. The number of morpholine rings is 1. The Morgan fingerprint density at radius 2 is 1.82 bits per heavy atom. The van der Waals surface area contributed by atoms with Gasteiger partial charge in [-0.05, 0) is 32.0 Å². The molecule has 0 bridgehead atoms. The summed E-state index contributed by atoms with van der Waals surface area (Å²) in [4.78, 5) is 16.6. The Balaban J connectivity index is 1.79. The van der Waals surface area contributed by atoms with E-state index in [1.165, 1.54) is 0 Å². The third kappa shape index (κ3) is 5.36. The zero-order valence-electron chi connectivity index (χ0n) is 16.5. The van der Waals surface area contributed by atoms with Crippen LogP contribution < -0.4 is 9.04 Å². The third-order valence-electron chi connectivity index (χ3n) is 5.14. The molecule has 2 aliphatic heterocycles. The lowest BCUT2D eigenvalue weighted by molar-refractivity contribution is -0.133. The Labute approximate surface area is 167 Å². The Hall–Kier alpha value is -1.84. The van der Waals surface area contributed by atoms with Gasteiger partial charge in [0.05, 0.1) is 25.2 Å². The fraction of sp³-hybridized carbons (Fsp3) is 0.632. The van der Waals surface area contributed by atoms with Crippen molar-refractivity contribution in [1.82, 2.24) is 9.80 Å². The molecule has 1 aromatic rings. The van der Waals surface area contributed by atoms with Gasteiger partial charge in [0.2, 0.25) is 15.9 Å². The summed E-state index contributed by atoms with van der Waals surface area (Å²) >= 11 is 0. The van der Waals surface area contributed by atoms with Gasteiger partial charge in [0.15, 0.2) is 0 Å². The third-order valence-corrected chi connectivity index (χ3v) is 6.26. The number of anilines is 1. The molecule has 1 amide bonds. The van der Waals surface area contributed by atoms with Crippen LogP contribution in [0, 0.1) is 0 Å². The molecule has 0 aliphatic carbocycles. The molecule has 1 aromatic carbocycles. The summed E-state index contributed by atoms with van der Waals surface area (Å²) in [6.45, 7) is 3.54. The summed E-state index contributed by atoms with van der Waals surface area (Å²) < 4.78 is 37.6. The second-order valence-corrected chi connectivity index (χ2v) is 9.26. The second kappa shape index (κ2) is 9.11. The van der Waals surface area contributed by atoms with E-state index < -0.39 is 10.0 Å². The number of piperidine rings is 1. The molecular weight excluding hydrogens is 382 g/mol. The van der Waals surface area contributed by atoms with E-state index in [-0.39, 0.29) is 18.6 Å². The van der Waals surface area contributed by atoms with Crippen molar-refractivity contribution in [3.63, 3.8) is 0 Å². The van der Waals surface area contributed by atoms with Crippen molar-refractivity contribution in [2.75, 3.05) is 63.5 Å². The largest absolute Gasteiger partial charge is 0.488 e. The van der Waals surface area contributed by atoms with Crippen molar-refractivity contribution in [2.45, 2.75) is 18.9 Å². The van der Waals surface area contributed by atoms with Crippen LogP contribution in [0.5, 0.6) is 5.75 Å². The molecule has 9 heteroatoms. The summed E-state index contributed by atoms with van der Waals surface area (Å²) in [5, 5.41) is 0. The second-order valence-electron chi connectivity index (χ2n) is 7.35. The monoisotopic (exact) mass is 411 g/mol. The van der Waals surface area contributed by atoms with Gasteiger partial charge < -0.3 is 19.3 Å². The number of amides is 1. The molecular formula is C19H29N3O5S. The van der Waals surface area contributed by atoms with E-state index in [2.05, 4.69) is 11.9 Å². The molecule has 2 saturated heterocycles. The predicted molar refractivity (Wildman–Crippen MR) is 107 cm³/mol. The topological polar surface area (TPSA) is 79.4 Å². The molecule has 3 rings (SSSR count). The lowest BCUT2D eigenvalue weighted by Crippen LogP contribution is -2.47. The highest BCUT2D eigenvalue weighted by Gasteiger charge is 2.28. The molecule has 0 spiro atoms. The first-order valence-corrected chi connectivity index (χ1v) is 11.5. The average Bonchev–Trinajstić information content (AvgIpc) is 2.68. The van der Waals surface area contributed by atoms with Gasteiger partial charge in [-0.1, -0.05) is 12.1 Å². The number of sulfonamides is 1. The lowest BCUT2D eigenvalue weighted by Gasteiger charge is -2.32. The molecule has 0 N–H and O–H groups in total. The summed E-state index contributed by atoms with van der Waals surface area (Å²) in [6, 6.07) is 7.04. The smallest absolute Gasteiger partial charge is 0.243 e. The molecule has 0 radical (unpaired) electrons. The fourth-order valence-corrected chi connectivity index (χ4v) is 4.31. The van der Waals surface area contributed by atoms with Gasteiger partial charge in [0.25, 0.3) is 0 Å². The molecule has 8 nitrogen and oxygen atoms in total. The number of benzene rings is 1. The standard InChI is InChI=1S/C19H29N3O5S/c1-20-9-7-16(8-10-20)27-18-6-4-3-5-17(18)22(28(2,24)25)15-19(23)21-11-13-26-14-12-21/h3-6,16H,7-15H2,1-2H3. The van der Waals surface area contributed by atoms with Gasteiger partial charge in [-0.25, -0.2) is 8.42 Å². The van der Waals surface area contributed by atoms with Crippen LogP contribution in [0.2, 0.25) is 0 Å². The van der Waals surface area contributed by atoms with E-state index in [4.69, 9.17) is 9.47 Å². The molecule has 0 atom stereocenters. The fourth-order valence-electron chi connectivity index (χ4n) is 3.46. The quantitative estimate of drug-likeness (QED) is 0.689. The van der Waals surface area contributed by atoms with Gasteiger partial charge in [-0.15, -0.1) is 0 Å². The highest BCUT2D eigenvalue weighted by molar-refractivity contribution is 7.92. The average molecular weight is 412 g/mol. The van der Waals surface area contributed by atoms with Crippen LogP contribution in [0.3, 0.4) is 0 Å². The first kappa shape index (κ1) is 20.9. The van der Waals surface area contributed by atoms with E-state index in [0.29, 0.717) is 37.7 Å². The number of rotatable bonds is 6. The zero-order chi connectivity index (χ0) is 20.1. The number of hydrogen-bond donors (Lipinski definition) is 0. The molecule has 2 fully saturated rings. The van der Waals surface area contributed by atoms with Crippen molar-refractivity contribution in [3.05, 3.63) is 24.3 Å². The minimum absolute atomic E-state index is 0.0358. The van der Waals surface area contributed by atoms with E-state index in [9.17, 15) is 13.2 Å².